The van der Waals surface area contributed by atoms with Gasteiger partial charge in [0.1, 0.15) is 0 Å². The summed E-state index contributed by atoms with van der Waals surface area (Å²) in [4.78, 5) is 6.80. The molecule has 3 heteroatoms. The second-order valence-electron chi connectivity index (χ2n) is 5.02. The van der Waals surface area contributed by atoms with Crippen LogP contribution in [-0.2, 0) is 0 Å². The minimum Gasteiger partial charge on any atom is -0.319 e. The number of hydrogen-bond acceptors (Lipinski definition) is 3. The molecule has 1 fully saturated rings. The van der Waals surface area contributed by atoms with Gasteiger partial charge in [-0.2, -0.15) is 0 Å². The van der Waals surface area contributed by atoms with Gasteiger partial charge in [-0.3, -0.25) is 9.88 Å². The Bertz CT molecular complexity index is 323. The molecule has 17 heavy (non-hydrogen) atoms. The second kappa shape index (κ2) is 6.12. The smallest absolute Gasteiger partial charge is 0.0335 e. The number of hydrogen-bond donors (Lipinski definition) is 1. The van der Waals surface area contributed by atoms with E-state index in [2.05, 4.69) is 28.2 Å². The van der Waals surface area contributed by atoms with E-state index in [0.29, 0.717) is 6.04 Å². The quantitative estimate of drug-likeness (QED) is 0.863. The Labute approximate surface area is 104 Å². The van der Waals surface area contributed by atoms with Crippen LogP contribution >= 0.6 is 0 Å². The molecule has 0 radical (unpaired) electrons. The number of nitrogens with one attached hydrogen (secondary N) is 1. The number of aromatic nitrogens is 1. The van der Waals surface area contributed by atoms with Gasteiger partial charge in [0.25, 0.3) is 0 Å². The number of rotatable bonds is 4. The largest absolute Gasteiger partial charge is 0.319 e. The third kappa shape index (κ3) is 3.27. The molecule has 0 aromatic carbocycles. The van der Waals surface area contributed by atoms with Crippen molar-refractivity contribution in [2.45, 2.75) is 25.8 Å². The zero-order valence-corrected chi connectivity index (χ0v) is 10.9. The lowest BCUT2D eigenvalue weighted by molar-refractivity contribution is 0.131. The molecule has 1 aliphatic heterocycles. The number of nitrogens with zero attached hydrogens (tertiary/aromatic N) is 2. The molecule has 1 aromatic heterocycles. The van der Waals surface area contributed by atoms with Crippen LogP contribution in [0, 0.1) is 5.92 Å². The van der Waals surface area contributed by atoms with Crippen molar-refractivity contribution in [3.05, 3.63) is 30.1 Å². The molecule has 1 aromatic rings. The summed E-state index contributed by atoms with van der Waals surface area (Å²) in [7, 11) is 2.05. The molecule has 94 valence electrons. The second-order valence-corrected chi connectivity index (χ2v) is 5.02. The van der Waals surface area contributed by atoms with Crippen LogP contribution in [0.4, 0.5) is 0 Å². The molecule has 0 amide bonds. The summed E-state index contributed by atoms with van der Waals surface area (Å²) in [6, 6.07) is 4.70. The summed E-state index contributed by atoms with van der Waals surface area (Å²) in [5.74, 6) is 0.799. The van der Waals surface area contributed by atoms with Gasteiger partial charge in [-0.1, -0.05) is 6.07 Å². The molecule has 0 spiro atoms. The van der Waals surface area contributed by atoms with E-state index in [9.17, 15) is 0 Å². The molecule has 1 saturated heterocycles. The lowest BCUT2D eigenvalue weighted by Gasteiger charge is -2.36. The highest BCUT2D eigenvalue weighted by atomic mass is 15.2. The van der Waals surface area contributed by atoms with Gasteiger partial charge in [0.05, 0.1) is 0 Å². The highest BCUT2D eigenvalue weighted by molar-refractivity contribution is 5.13. The van der Waals surface area contributed by atoms with Gasteiger partial charge < -0.3 is 5.32 Å². The molecule has 0 aliphatic carbocycles. The Balaban J connectivity index is 1.97. The van der Waals surface area contributed by atoms with Crippen LogP contribution in [0.5, 0.6) is 0 Å². The first-order chi connectivity index (χ1) is 8.31. The van der Waals surface area contributed by atoms with Crippen molar-refractivity contribution in [3.8, 4) is 0 Å². The Kier molecular flexibility index (Phi) is 4.51. The molecule has 1 aliphatic rings. The normalized spacial score (nSPS) is 23.5. The van der Waals surface area contributed by atoms with Gasteiger partial charge in [0.15, 0.2) is 0 Å². The fourth-order valence-electron chi connectivity index (χ4n) is 2.74. The summed E-state index contributed by atoms with van der Waals surface area (Å²) in [5.41, 5.74) is 1.33. The van der Waals surface area contributed by atoms with Crippen molar-refractivity contribution in [2.75, 3.05) is 26.7 Å². The van der Waals surface area contributed by atoms with Crippen LogP contribution in [0.2, 0.25) is 0 Å². The first-order valence-corrected chi connectivity index (χ1v) is 6.60. The van der Waals surface area contributed by atoms with Crippen molar-refractivity contribution < 1.29 is 0 Å². The Hall–Kier alpha value is -0.930. The maximum absolute atomic E-state index is 4.22. The van der Waals surface area contributed by atoms with Gasteiger partial charge in [0, 0.05) is 25.0 Å². The Morgan fingerprint density at radius 3 is 3.18 bits per heavy atom. The molecule has 1 N–H and O–H groups in total. The predicted octanol–water partition coefficient (Wildman–Crippen LogP) is 2.07. The average molecular weight is 233 g/mol. The van der Waals surface area contributed by atoms with Gasteiger partial charge in [-0.15, -0.1) is 0 Å². The predicted molar refractivity (Wildman–Crippen MR) is 70.9 cm³/mol. The van der Waals surface area contributed by atoms with Crippen molar-refractivity contribution in [1.29, 1.82) is 0 Å². The number of likely N-dealkylation sites (tertiary alicyclic amines) is 1. The summed E-state index contributed by atoms with van der Waals surface area (Å²) in [6.07, 6.45) is 6.51. The topological polar surface area (TPSA) is 28.2 Å². The van der Waals surface area contributed by atoms with E-state index in [-0.39, 0.29) is 0 Å². The van der Waals surface area contributed by atoms with Crippen molar-refractivity contribution in [3.63, 3.8) is 0 Å². The van der Waals surface area contributed by atoms with E-state index in [1.165, 1.54) is 31.5 Å². The Morgan fingerprint density at radius 1 is 1.59 bits per heavy atom. The van der Waals surface area contributed by atoms with Crippen LogP contribution in [0.1, 0.15) is 31.4 Å². The van der Waals surface area contributed by atoms with Gasteiger partial charge in [0.2, 0.25) is 0 Å². The monoisotopic (exact) mass is 233 g/mol. The fraction of sp³-hybridized carbons (Fsp3) is 0.643. The number of pyridine rings is 1. The van der Waals surface area contributed by atoms with Crippen molar-refractivity contribution in [1.82, 2.24) is 15.2 Å². The molecular weight excluding hydrogens is 210 g/mol. The molecule has 0 bridgehead atoms. The van der Waals surface area contributed by atoms with E-state index in [0.717, 1.165) is 12.5 Å². The van der Waals surface area contributed by atoms with Gasteiger partial charge >= 0.3 is 0 Å². The molecule has 3 nitrogen and oxygen atoms in total. The van der Waals surface area contributed by atoms with Crippen LogP contribution in [0.25, 0.3) is 0 Å². The number of piperidine rings is 1. The van der Waals surface area contributed by atoms with E-state index in [4.69, 9.17) is 0 Å². The van der Waals surface area contributed by atoms with Crippen molar-refractivity contribution in [2.24, 2.45) is 5.92 Å². The fourth-order valence-corrected chi connectivity index (χ4v) is 2.74. The third-order valence-corrected chi connectivity index (χ3v) is 3.76. The molecule has 2 heterocycles. The van der Waals surface area contributed by atoms with Gasteiger partial charge in [-0.05, 0) is 57.5 Å². The van der Waals surface area contributed by atoms with Crippen molar-refractivity contribution >= 4 is 0 Å². The Morgan fingerprint density at radius 2 is 2.47 bits per heavy atom. The van der Waals surface area contributed by atoms with E-state index < -0.39 is 0 Å². The highest BCUT2D eigenvalue weighted by Gasteiger charge is 2.23. The maximum Gasteiger partial charge on any atom is 0.0335 e. The van der Waals surface area contributed by atoms with E-state index in [1.54, 1.807) is 0 Å². The molecule has 2 atom stereocenters. The molecule has 2 unspecified atom stereocenters. The van der Waals surface area contributed by atoms with E-state index in [1.807, 2.05) is 25.5 Å². The zero-order chi connectivity index (χ0) is 12.1. The summed E-state index contributed by atoms with van der Waals surface area (Å²) in [6.45, 7) is 5.85. The van der Waals surface area contributed by atoms with E-state index >= 15 is 0 Å². The molecule has 2 rings (SSSR count). The minimum atomic E-state index is 0.489. The SMILES string of the molecule is CNCC1CCCN(C(C)c2cccnc2)C1. The maximum atomic E-state index is 4.22. The first kappa shape index (κ1) is 12.5. The third-order valence-electron chi connectivity index (χ3n) is 3.76. The molecular formula is C14H23N3. The lowest BCUT2D eigenvalue weighted by atomic mass is 9.95. The summed E-state index contributed by atoms with van der Waals surface area (Å²) < 4.78 is 0. The average Bonchev–Trinajstić information content (AvgIpc) is 2.40. The summed E-state index contributed by atoms with van der Waals surface area (Å²) in [5, 5.41) is 3.30. The van der Waals surface area contributed by atoms with Crippen LogP contribution in [0.15, 0.2) is 24.5 Å². The summed E-state index contributed by atoms with van der Waals surface area (Å²) >= 11 is 0. The zero-order valence-electron chi connectivity index (χ0n) is 10.9. The minimum absolute atomic E-state index is 0.489. The van der Waals surface area contributed by atoms with Crippen LogP contribution in [0.3, 0.4) is 0 Å². The van der Waals surface area contributed by atoms with Crippen LogP contribution in [-0.4, -0.2) is 36.6 Å². The lowest BCUT2D eigenvalue weighted by Crippen LogP contribution is -2.40. The standard InChI is InChI=1S/C14H23N3/c1-12(14-6-3-7-16-10-14)17-8-4-5-13(11-17)9-15-2/h3,6-7,10,12-13,15H,4-5,8-9,11H2,1-2H3. The molecule has 0 saturated carbocycles. The first-order valence-electron chi connectivity index (χ1n) is 6.60. The highest BCUT2D eigenvalue weighted by Crippen LogP contribution is 2.25. The van der Waals surface area contributed by atoms with Gasteiger partial charge in [-0.25, -0.2) is 0 Å². The van der Waals surface area contributed by atoms with Crippen LogP contribution < -0.4 is 5.32 Å².